The van der Waals surface area contributed by atoms with Gasteiger partial charge in [-0.25, -0.2) is 4.39 Å². The molecule has 0 saturated heterocycles. The summed E-state index contributed by atoms with van der Waals surface area (Å²) >= 11 is 15.0. The smallest absolute Gasteiger partial charge is 0.124 e. The zero-order chi connectivity index (χ0) is 14.7. The fourth-order valence-corrected chi connectivity index (χ4v) is 2.85. The molecule has 0 saturated carbocycles. The molecule has 1 unspecified atom stereocenters. The van der Waals surface area contributed by atoms with E-state index in [0.717, 1.165) is 11.1 Å². The lowest BCUT2D eigenvalue weighted by atomic mass is 10.0. The van der Waals surface area contributed by atoms with Crippen molar-refractivity contribution < 1.29 is 9.50 Å². The van der Waals surface area contributed by atoms with Crippen LogP contribution in [0.25, 0.3) is 0 Å². The fourth-order valence-electron chi connectivity index (χ4n) is 2.01. The van der Waals surface area contributed by atoms with Gasteiger partial charge in [-0.3, -0.25) is 0 Å². The highest BCUT2D eigenvalue weighted by Gasteiger charge is 2.10. The molecule has 106 valence electrons. The Bertz CT molecular complexity index is 599. The van der Waals surface area contributed by atoms with E-state index in [1.54, 1.807) is 18.2 Å². The molecule has 20 heavy (non-hydrogen) atoms. The van der Waals surface area contributed by atoms with Gasteiger partial charge in [-0.2, -0.15) is 0 Å². The van der Waals surface area contributed by atoms with Gasteiger partial charge in [0.15, 0.2) is 0 Å². The Hall–Kier alpha value is -0.610. The maximum atomic E-state index is 13.3. The maximum absolute atomic E-state index is 13.3. The van der Waals surface area contributed by atoms with Crippen LogP contribution in [0.5, 0.6) is 0 Å². The van der Waals surface area contributed by atoms with E-state index in [9.17, 15) is 9.50 Å². The van der Waals surface area contributed by atoms with Crippen molar-refractivity contribution in [1.29, 1.82) is 0 Å². The minimum absolute atomic E-state index is 0.323. The molecule has 0 bridgehead atoms. The number of rotatable bonds is 4. The van der Waals surface area contributed by atoms with Crippen LogP contribution >= 0.6 is 39.1 Å². The van der Waals surface area contributed by atoms with E-state index in [2.05, 4.69) is 15.9 Å². The Balaban J connectivity index is 2.04. The molecule has 0 aliphatic heterocycles. The van der Waals surface area contributed by atoms with Gasteiger partial charge in [0.1, 0.15) is 5.82 Å². The second-order valence-electron chi connectivity index (χ2n) is 4.59. The fraction of sp³-hybridized carbons (Fsp3) is 0.200. The van der Waals surface area contributed by atoms with Crippen molar-refractivity contribution in [3.63, 3.8) is 0 Å². The minimum atomic E-state index is -0.610. The molecule has 0 spiro atoms. The second kappa shape index (κ2) is 6.90. The molecule has 2 aromatic rings. The first-order valence-electron chi connectivity index (χ1n) is 6.01. The Labute approximate surface area is 135 Å². The molecule has 0 heterocycles. The summed E-state index contributed by atoms with van der Waals surface area (Å²) < 4.78 is 13.9. The van der Waals surface area contributed by atoms with Gasteiger partial charge in [-0.1, -0.05) is 45.2 Å². The first kappa shape index (κ1) is 15.8. The average molecular weight is 378 g/mol. The summed E-state index contributed by atoms with van der Waals surface area (Å²) in [7, 11) is 0. The maximum Gasteiger partial charge on any atom is 0.124 e. The zero-order valence-electron chi connectivity index (χ0n) is 10.4. The highest BCUT2D eigenvalue weighted by molar-refractivity contribution is 9.10. The van der Waals surface area contributed by atoms with Crippen molar-refractivity contribution in [3.8, 4) is 0 Å². The summed E-state index contributed by atoms with van der Waals surface area (Å²) in [6.45, 7) is 0. The van der Waals surface area contributed by atoms with E-state index >= 15 is 0 Å². The highest BCUT2D eigenvalue weighted by atomic mass is 79.9. The van der Waals surface area contributed by atoms with Gasteiger partial charge in [-0.05, 0) is 54.3 Å². The lowest BCUT2D eigenvalue weighted by molar-refractivity contribution is 0.175. The van der Waals surface area contributed by atoms with Crippen LogP contribution in [-0.2, 0) is 12.8 Å². The molecule has 0 aromatic heterocycles. The Morgan fingerprint density at radius 3 is 2.35 bits per heavy atom. The summed E-state index contributed by atoms with van der Waals surface area (Å²) in [6, 6.07) is 9.84. The van der Waals surface area contributed by atoms with Crippen LogP contribution in [0.15, 0.2) is 40.9 Å². The van der Waals surface area contributed by atoms with Gasteiger partial charge in [0.2, 0.25) is 0 Å². The summed E-state index contributed by atoms with van der Waals surface area (Å²) in [5, 5.41) is 11.0. The molecule has 2 aromatic carbocycles. The predicted molar refractivity (Wildman–Crippen MR) is 84.0 cm³/mol. The largest absolute Gasteiger partial charge is 0.392 e. The molecule has 0 fully saturated rings. The summed E-state index contributed by atoms with van der Waals surface area (Å²) in [6.07, 6.45) is 0.197. The molecule has 0 amide bonds. The van der Waals surface area contributed by atoms with Gasteiger partial charge in [0.25, 0.3) is 0 Å². The predicted octanol–water partition coefficient (Wildman–Crippen LogP) is 5.04. The van der Waals surface area contributed by atoms with Crippen molar-refractivity contribution in [2.24, 2.45) is 0 Å². The topological polar surface area (TPSA) is 20.2 Å². The minimum Gasteiger partial charge on any atom is -0.392 e. The number of hydrogen-bond acceptors (Lipinski definition) is 1. The number of aliphatic hydroxyl groups is 1. The Morgan fingerprint density at radius 2 is 1.70 bits per heavy atom. The lowest BCUT2D eigenvalue weighted by Crippen LogP contribution is -2.14. The molecule has 0 radical (unpaired) electrons. The summed E-state index contributed by atoms with van der Waals surface area (Å²) in [4.78, 5) is 0. The van der Waals surface area contributed by atoms with Crippen LogP contribution in [0.3, 0.4) is 0 Å². The lowest BCUT2D eigenvalue weighted by Gasteiger charge is -2.12. The third-order valence-corrected chi connectivity index (χ3v) is 4.05. The van der Waals surface area contributed by atoms with Gasteiger partial charge in [-0.15, -0.1) is 0 Å². The first-order valence-corrected chi connectivity index (χ1v) is 7.56. The molecule has 0 aliphatic rings. The molecule has 0 aliphatic carbocycles. The second-order valence-corrected chi connectivity index (χ2v) is 6.32. The Kier molecular flexibility index (Phi) is 5.44. The van der Waals surface area contributed by atoms with Crippen molar-refractivity contribution in [2.45, 2.75) is 18.9 Å². The van der Waals surface area contributed by atoms with Crippen molar-refractivity contribution in [1.82, 2.24) is 0 Å². The zero-order valence-corrected chi connectivity index (χ0v) is 13.5. The van der Waals surface area contributed by atoms with E-state index in [1.165, 1.54) is 12.1 Å². The third kappa shape index (κ3) is 4.45. The quantitative estimate of drug-likeness (QED) is 0.791. The molecule has 1 atom stereocenters. The van der Waals surface area contributed by atoms with Crippen molar-refractivity contribution in [3.05, 3.63) is 67.9 Å². The van der Waals surface area contributed by atoms with Crippen LogP contribution < -0.4 is 0 Å². The van der Waals surface area contributed by atoms with Crippen LogP contribution in [-0.4, -0.2) is 11.2 Å². The Morgan fingerprint density at radius 1 is 1.00 bits per heavy atom. The molecular formula is C15H12BrCl2FO. The van der Waals surface area contributed by atoms with E-state index < -0.39 is 6.10 Å². The SMILES string of the molecule is OC(Cc1cc(F)cc(Br)c1)Cc1ccc(Cl)c(Cl)c1. The van der Waals surface area contributed by atoms with E-state index in [0.29, 0.717) is 27.4 Å². The monoisotopic (exact) mass is 376 g/mol. The number of hydrogen-bond donors (Lipinski definition) is 1. The van der Waals surface area contributed by atoms with Crippen molar-refractivity contribution >= 4 is 39.1 Å². The van der Waals surface area contributed by atoms with Crippen molar-refractivity contribution in [2.75, 3.05) is 0 Å². The van der Waals surface area contributed by atoms with Crippen LogP contribution in [0.4, 0.5) is 4.39 Å². The summed E-state index contributed by atoms with van der Waals surface area (Å²) in [5.41, 5.74) is 1.63. The number of halogens is 4. The van der Waals surface area contributed by atoms with E-state index in [4.69, 9.17) is 23.2 Å². The average Bonchev–Trinajstić information content (AvgIpc) is 2.32. The van der Waals surface area contributed by atoms with Crippen LogP contribution in [0.1, 0.15) is 11.1 Å². The number of benzene rings is 2. The molecular weight excluding hydrogens is 366 g/mol. The van der Waals surface area contributed by atoms with Gasteiger partial charge >= 0.3 is 0 Å². The van der Waals surface area contributed by atoms with E-state index in [1.807, 2.05) is 6.07 Å². The highest BCUT2D eigenvalue weighted by Crippen LogP contribution is 2.24. The summed E-state index contributed by atoms with van der Waals surface area (Å²) in [5.74, 6) is -0.323. The third-order valence-electron chi connectivity index (χ3n) is 2.85. The molecule has 1 N–H and O–H groups in total. The van der Waals surface area contributed by atoms with Crippen LogP contribution in [0.2, 0.25) is 10.0 Å². The van der Waals surface area contributed by atoms with Gasteiger partial charge in [0.05, 0.1) is 16.1 Å². The standard InChI is InChI=1S/C15H12BrCl2FO/c16-11-3-10(4-12(19)8-11)6-13(20)5-9-1-2-14(17)15(18)7-9/h1-4,7-8,13,20H,5-6H2. The molecule has 1 nitrogen and oxygen atoms in total. The van der Waals surface area contributed by atoms with E-state index in [-0.39, 0.29) is 5.82 Å². The molecule has 5 heteroatoms. The van der Waals surface area contributed by atoms with Gasteiger partial charge < -0.3 is 5.11 Å². The van der Waals surface area contributed by atoms with Gasteiger partial charge in [0, 0.05) is 4.47 Å². The molecule has 2 rings (SSSR count). The van der Waals surface area contributed by atoms with Crippen LogP contribution in [0, 0.1) is 5.82 Å². The number of aliphatic hydroxyl groups excluding tert-OH is 1. The first-order chi connectivity index (χ1) is 9.44. The normalized spacial score (nSPS) is 12.4.